The molecule has 14 heavy (non-hydrogen) atoms. The second-order valence-corrected chi connectivity index (χ2v) is 4.78. The van der Waals surface area contributed by atoms with E-state index in [0.717, 1.165) is 5.56 Å². The van der Waals surface area contributed by atoms with Crippen LogP contribution in [0.5, 0.6) is 0 Å². The maximum absolute atomic E-state index is 11.3. The number of hydrogen-bond acceptors (Lipinski definition) is 3. The van der Waals surface area contributed by atoms with Crippen LogP contribution in [0.2, 0.25) is 0 Å². The summed E-state index contributed by atoms with van der Waals surface area (Å²) in [6, 6.07) is 3.43. The molecule has 0 heterocycles. The number of sulfonamides is 1. The third kappa shape index (κ3) is 1.82. The largest absolute Gasteiger partial charge is 0.317 e. The van der Waals surface area contributed by atoms with Gasteiger partial charge in [-0.3, -0.25) is 0 Å². The van der Waals surface area contributed by atoms with Crippen molar-refractivity contribution >= 4 is 10.0 Å². The third-order valence-corrected chi connectivity index (χ3v) is 3.32. The summed E-state index contributed by atoms with van der Waals surface area (Å²) in [5, 5.41) is 0. The van der Waals surface area contributed by atoms with Crippen LogP contribution in [-0.4, -0.2) is 8.42 Å². The quantitative estimate of drug-likeness (QED) is 0.706. The van der Waals surface area contributed by atoms with E-state index >= 15 is 0 Å². The molecule has 0 spiro atoms. The minimum absolute atomic E-state index is 0.0260. The highest BCUT2D eigenvalue weighted by molar-refractivity contribution is 7.90. The number of aryl methyl sites for hydroxylation is 3. The maximum Gasteiger partial charge on any atom is 0.317 e. The van der Waals surface area contributed by atoms with E-state index in [-0.39, 0.29) is 4.90 Å². The molecule has 0 aromatic heterocycles. The lowest BCUT2D eigenvalue weighted by atomic mass is 10.1. The molecule has 5 heteroatoms. The molecule has 1 aromatic carbocycles. The van der Waals surface area contributed by atoms with E-state index in [9.17, 15) is 13.3 Å². The van der Waals surface area contributed by atoms with Gasteiger partial charge in [-0.15, -0.1) is 4.91 Å². The first-order valence-corrected chi connectivity index (χ1v) is 5.50. The Labute approximate surface area is 83.0 Å². The summed E-state index contributed by atoms with van der Waals surface area (Å²) >= 11 is 0. The lowest BCUT2D eigenvalue weighted by molar-refractivity contribution is 0.596. The van der Waals surface area contributed by atoms with Crippen LogP contribution in [0.25, 0.3) is 0 Å². The summed E-state index contributed by atoms with van der Waals surface area (Å²) in [4.78, 5) is 10.2. The molecule has 0 bridgehead atoms. The zero-order valence-corrected chi connectivity index (χ0v) is 9.05. The molecule has 0 saturated heterocycles. The van der Waals surface area contributed by atoms with Gasteiger partial charge in [0.05, 0.1) is 9.48 Å². The van der Waals surface area contributed by atoms with Crippen LogP contribution in [0.3, 0.4) is 0 Å². The first-order chi connectivity index (χ1) is 6.38. The molecule has 0 fully saturated rings. The highest BCUT2D eigenvalue weighted by atomic mass is 32.2. The smallest absolute Gasteiger partial charge is 0.196 e. The van der Waals surface area contributed by atoms with Gasteiger partial charge < -0.3 is 0 Å². The zero-order chi connectivity index (χ0) is 10.9. The predicted octanol–water partition coefficient (Wildman–Crippen LogP) is 2.07. The van der Waals surface area contributed by atoms with E-state index in [1.54, 1.807) is 26.0 Å². The predicted molar refractivity (Wildman–Crippen MR) is 53.6 cm³/mol. The van der Waals surface area contributed by atoms with Gasteiger partial charge in [-0.2, -0.15) is 8.42 Å². The summed E-state index contributed by atoms with van der Waals surface area (Å²) in [7, 11) is -4.01. The van der Waals surface area contributed by atoms with Crippen LogP contribution in [0, 0.1) is 25.7 Å². The SMILES string of the molecule is Cc1cc(C)c(S(=O)(=O)N=O)c(C)c1. The number of benzene rings is 1. The Morgan fingerprint density at radius 1 is 1.07 bits per heavy atom. The average Bonchev–Trinajstić information content (AvgIpc) is 2.01. The van der Waals surface area contributed by atoms with Crippen LogP contribution in [0.1, 0.15) is 16.7 Å². The Hall–Kier alpha value is -1.23. The molecule has 0 radical (unpaired) electrons. The van der Waals surface area contributed by atoms with Crippen molar-refractivity contribution in [3.8, 4) is 0 Å². The Kier molecular flexibility index (Phi) is 2.71. The highest BCUT2D eigenvalue weighted by Gasteiger charge is 2.19. The molecule has 0 saturated carbocycles. The molecule has 1 rings (SSSR count). The van der Waals surface area contributed by atoms with Crippen molar-refractivity contribution in [1.82, 2.24) is 0 Å². The normalized spacial score (nSPS) is 11.4. The summed E-state index contributed by atoms with van der Waals surface area (Å²) in [5.41, 5.74) is 2.08. The Morgan fingerprint density at radius 3 is 1.86 bits per heavy atom. The van der Waals surface area contributed by atoms with Gasteiger partial charge in [0.25, 0.3) is 0 Å². The molecule has 1 aromatic rings. The molecule has 0 unspecified atom stereocenters. The lowest BCUT2D eigenvalue weighted by Crippen LogP contribution is -2.02. The maximum atomic E-state index is 11.3. The van der Waals surface area contributed by atoms with Crippen LogP contribution >= 0.6 is 0 Å². The summed E-state index contributed by atoms with van der Waals surface area (Å²) < 4.78 is 24.7. The van der Waals surface area contributed by atoms with Gasteiger partial charge in [-0.1, -0.05) is 17.7 Å². The zero-order valence-electron chi connectivity index (χ0n) is 8.23. The molecule has 0 amide bonds. The molecule has 0 N–H and O–H groups in total. The summed E-state index contributed by atoms with van der Waals surface area (Å²) in [6.45, 7) is 5.17. The van der Waals surface area contributed by atoms with E-state index < -0.39 is 10.0 Å². The topological polar surface area (TPSA) is 63.6 Å². The van der Waals surface area contributed by atoms with Crippen LogP contribution in [-0.2, 0) is 10.0 Å². The molecule has 0 atom stereocenters. The molecule has 76 valence electrons. The minimum atomic E-state index is -4.01. The first kappa shape index (κ1) is 10.8. The van der Waals surface area contributed by atoms with Gasteiger partial charge in [0.15, 0.2) is 0 Å². The fraction of sp³-hybridized carbons (Fsp3) is 0.333. The van der Waals surface area contributed by atoms with Crippen molar-refractivity contribution in [3.05, 3.63) is 33.7 Å². The standard InChI is InChI=1S/C9H11NO3S/c1-6-4-7(2)9(8(3)5-6)14(12,13)10-11/h4-5H,1-3H3. The summed E-state index contributed by atoms with van der Waals surface area (Å²) in [6.07, 6.45) is 0. The second kappa shape index (κ2) is 3.49. The van der Waals surface area contributed by atoms with Crippen LogP contribution in [0.4, 0.5) is 0 Å². The number of nitrogens with zero attached hydrogens (tertiary/aromatic N) is 1. The number of nitroso groups, excluding NO2 is 1. The van der Waals surface area contributed by atoms with Crippen molar-refractivity contribution in [2.75, 3.05) is 0 Å². The molecule has 4 nitrogen and oxygen atoms in total. The monoisotopic (exact) mass is 213 g/mol. The minimum Gasteiger partial charge on any atom is -0.196 e. The van der Waals surface area contributed by atoms with E-state index in [2.05, 4.69) is 4.58 Å². The second-order valence-electron chi connectivity index (χ2n) is 3.28. The van der Waals surface area contributed by atoms with Crippen LogP contribution in [0.15, 0.2) is 21.6 Å². The molecular formula is C9H11NO3S. The van der Waals surface area contributed by atoms with Crippen molar-refractivity contribution in [2.24, 2.45) is 4.58 Å². The van der Waals surface area contributed by atoms with Gasteiger partial charge in [-0.05, 0) is 31.9 Å². The highest BCUT2D eigenvalue weighted by Crippen LogP contribution is 2.23. The fourth-order valence-electron chi connectivity index (χ4n) is 1.61. The Morgan fingerprint density at radius 2 is 1.50 bits per heavy atom. The van der Waals surface area contributed by atoms with Crippen LogP contribution < -0.4 is 0 Å². The van der Waals surface area contributed by atoms with Gasteiger partial charge in [0.1, 0.15) is 0 Å². The molecule has 0 aliphatic rings. The van der Waals surface area contributed by atoms with Crippen molar-refractivity contribution < 1.29 is 8.42 Å². The van der Waals surface area contributed by atoms with E-state index in [1.165, 1.54) is 0 Å². The third-order valence-electron chi connectivity index (χ3n) is 1.96. The average molecular weight is 213 g/mol. The fourth-order valence-corrected chi connectivity index (χ4v) is 2.62. The van der Waals surface area contributed by atoms with Gasteiger partial charge in [0, 0.05) is 0 Å². The molecule has 0 aliphatic heterocycles. The number of rotatable bonds is 2. The van der Waals surface area contributed by atoms with Crippen molar-refractivity contribution in [3.63, 3.8) is 0 Å². The lowest BCUT2D eigenvalue weighted by Gasteiger charge is -2.06. The van der Waals surface area contributed by atoms with E-state index in [4.69, 9.17) is 0 Å². The first-order valence-electron chi connectivity index (χ1n) is 4.06. The Bertz CT molecular complexity index is 454. The van der Waals surface area contributed by atoms with Gasteiger partial charge >= 0.3 is 10.0 Å². The van der Waals surface area contributed by atoms with E-state index in [0.29, 0.717) is 11.1 Å². The van der Waals surface area contributed by atoms with E-state index in [1.807, 2.05) is 6.92 Å². The van der Waals surface area contributed by atoms with Gasteiger partial charge in [-0.25, -0.2) is 0 Å². The molecule has 0 aliphatic carbocycles. The van der Waals surface area contributed by atoms with Crippen molar-refractivity contribution in [2.45, 2.75) is 25.7 Å². The molecular weight excluding hydrogens is 202 g/mol. The summed E-state index contributed by atoms with van der Waals surface area (Å²) in [5.74, 6) is 0. The van der Waals surface area contributed by atoms with Crippen molar-refractivity contribution in [1.29, 1.82) is 0 Å². The Balaban J connectivity index is 3.59. The number of hydrogen-bond donors (Lipinski definition) is 0. The van der Waals surface area contributed by atoms with Gasteiger partial charge in [0.2, 0.25) is 0 Å².